The van der Waals surface area contributed by atoms with Gasteiger partial charge in [-0.2, -0.15) is 0 Å². The molecule has 0 spiro atoms. The lowest BCUT2D eigenvalue weighted by atomic mass is 10.0. The van der Waals surface area contributed by atoms with E-state index in [1.54, 1.807) is 6.08 Å². The van der Waals surface area contributed by atoms with Gasteiger partial charge in [-0.3, -0.25) is 9.59 Å². The molecule has 0 fully saturated rings. The third-order valence-corrected chi connectivity index (χ3v) is 8.40. The van der Waals surface area contributed by atoms with Crippen LogP contribution < -0.4 is 0 Å². The van der Waals surface area contributed by atoms with Crippen LogP contribution in [0.1, 0.15) is 181 Å². The number of rotatable bonds is 35. The summed E-state index contributed by atoms with van der Waals surface area (Å²) in [5.41, 5.74) is 0. The minimum atomic E-state index is -1.00. The van der Waals surface area contributed by atoms with Crippen molar-refractivity contribution in [3.63, 3.8) is 0 Å². The lowest BCUT2D eigenvalue weighted by molar-refractivity contribution is -0.152. The number of esters is 2. The van der Waals surface area contributed by atoms with Crippen LogP contribution in [-0.2, 0) is 19.1 Å². The number of allylic oxidation sites excluding steroid dienone is 6. The Balaban J connectivity index is 3.59. The van der Waals surface area contributed by atoms with E-state index in [-0.39, 0.29) is 31.6 Å². The smallest absolute Gasteiger partial charge is 0.305 e. The van der Waals surface area contributed by atoms with Gasteiger partial charge in [-0.05, 0) is 44.9 Å². The molecule has 0 unspecified atom stereocenters. The molecular formula is C42H74O6. The highest BCUT2D eigenvalue weighted by atomic mass is 16.6. The van der Waals surface area contributed by atoms with Crippen LogP contribution in [0.5, 0.6) is 0 Å². The monoisotopic (exact) mass is 675 g/mol. The summed E-state index contributed by atoms with van der Waals surface area (Å²) >= 11 is 0. The Hall–Kier alpha value is -2.18. The highest BCUT2D eigenvalue weighted by Crippen LogP contribution is 2.14. The van der Waals surface area contributed by atoms with E-state index in [1.165, 1.54) is 103 Å². The first-order valence-electron chi connectivity index (χ1n) is 19.8. The maximum Gasteiger partial charge on any atom is 0.305 e. The molecule has 0 saturated carbocycles. The quantitative estimate of drug-likeness (QED) is 0.0301. The molecule has 0 aromatic carbocycles. The number of carbonyl (C=O) groups is 2. The Bertz CT molecular complexity index is 830. The number of ether oxygens (including phenoxy) is 2. The second kappa shape index (κ2) is 37.6. The van der Waals surface area contributed by atoms with Crippen molar-refractivity contribution in [2.75, 3.05) is 13.2 Å². The molecule has 0 aromatic heterocycles. The van der Waals surface area contributed by atoms with Gasteiger partial charge in [0.25, 0.3) is 0 Å². The number of hydrogen-bond donors (Lipinski definition) is 2. The minimum Gasteiger partial charge on any atom is -0.463 e. The molecular weight excluding hydrogens is 600 g/mol. The van der Waals surface area contributed by atoms with Crippen molar-refractivity contribution < 1.29 is 29.3 Å². The van der Waals surface area contributed by atoms with Gasteiger partial charge in [-0.15, -0.1) is 0 Å². The lowest BCUT2D eigenvalue weighted by Crippen LogP contribution is -2.25. The predicted molar refractivity (Wildman–Crippen MR) is 202 cm³/mol. The molecule has 0 aliphatic carbocycles. The number of aliphatic hydroxyl groups is 2. The molecule has 0 radical (unpaired) electrons. The SMILES string of the molecule is CCCCC/C=C\C[C@@H](O)/C=C/C=C\C/C=C\CCCC(=O)OC[C@@H](O)COC(=O)CCCCCCCCCCCCCCCCCC. The second-order valence-electron chi connectivity index (χ2n) is 13.3. The van der Waals surface area contributed by atoms with Gasteiger partial charge in [0, 0.05) is 12.8 Å². The van der Waals surface area contributed by atoms with Crippen LogP contribution in [0.2, 0.25) is 0 Å². The number of carbonyl (C=O) groups excluding carboxylic acids is 2. The van der Waals surface area contributed by atoms with Crippen LogP contribution in [0, 0.1) is 0 Å². The summed E-state index contributed by atoms with van der Waals surface area (Å²) in [6.07, 6.45) is 43.4. The first-order valence-corrected chi connectivity index (χ1v) is 19.8. The third-order valence-electron chi connectivity index (χ3n) is 8.40. The first-order chi connectivity index (χ1) is 23.5. The van der Waals surface area contributed by atoms with E-state index in [0.717, 1.165) is 38.5 Å². The fraction of sp³-hybridized carbons (Fsp3) is 0.762. The van der Waals surface area contributed by atoms with E-state index in [1.807, 2.05) is 30.4 Å². The van der Waals surface area contributed by atoms with Crippen molar-refractivity contribution in [2.45, 2.75) is 193 Å². The first kappa shape index (κ1) is 45.8. The van der Waals surface area contributed by atoms with Crippen molar-refractivity contribution in [1.29, 1.82) is 0 Å². The van der Waals surface area contributed by atoms with Crippen LogP contribution in [0.3, 0.4) is 0 Å². The molecule has 278 valence electrons. The Labute approximate surface area is 295 Å². The summed E-state index contributed by atoms with van der Waals surface area (Å²) in [6, 6.07) is 0. The molecule has 0 aliphatic rings. The summed E-state index contributed by atoms with van der Waals surface area (Å²) in [5.74, 6) is -0.664. The van der Waals surface area contributed by atoms with Gasteiger partial charge < -0.3 is 19.7 Å². The van der Waals surface area contributed by atoms with Gasteiger partial charge in [0.15, 0.2) is 0 Å². The number of aliphatic hydroxyl groups excluding tert-OH is 2. The predicted octanol–water partition coefficient (Wildman–Crippen LogP) is 11.2. The number of hydrogen-bond acceptors (Lipinski definition) is 6. The highest BCUT2D eigenvalue weighted by molar-refractivity contribution is 5.69. The Kier molecular flexibility index (Phi) is 35.9. The van der Waals surface area contributed by atoms with Gasteiger partial charge in [0.1, 0.15) is 19.3 Å². The van der Waals surface area contributed by atoms with Crippen molar-refractivity contribution in [3.8, 4) is 0 Å². The van der Waals surface area contributed by atoms with Gasteiger partial charge >= 0.3 is 11.9 Å². The molecule has 2 N–H and O–H groups in total. The zero-order chi connectivity index (χ0) is 35.2. The van der Waals surface area contributed by atoms with Gasteiger partial charge in [-0.25, -0.2) is 0 Å². The van der Waals surface area contributed by atoms with E-state index >= 15 is 0 Å². The van der Waals surface area contributed by atoms with E-state index in [2.05, 4.69) is 26.0 Å². The average Bonchev–Trinajstić information content (AvgIpc) is 3.08. The van der Waals surface area contributed by atoms with E-state index in [4.69, 9.17) is 9.47 Å². The molecule has 0 rings (SSSR count). The van der Waals surface area contributed by atoms with Crippen molar-refractivity contribution in [3.05, 3.63) is 48.6 Å². The zero-order valence-electron chi connectivity index (χ0n) is 31.1. The summed E-state index contributed by atoms with van der Waals surface area (Å²) in [6.45, 7) is 4.15. The molecule has 48 heavy (non-hydrogen) atoms. The van der Waals surface area contributed by atoms with E-state index in [9.17, 15) is 19.8 Å². The molecule has 6 heteroatoms. The fourth-order valence-electron chi connectivity index (χ4n) is 5.34. The van der Waals surface area contributed by atoms with Crippen LogP contribution >= 0.6 is 0 Å². The Morgan fingerprint density at radius 2 is 0.979 bits per heavy atom. The lowest BCUT2D eigenvalue weighted by Gasteiger charge is -2.12. The molecule has 0 aliphatic heterocycles. The summed E-state index contributed by atoms with van der Waals surface area (Å²) in [5, 5.41) is 20.0. The molecule has 2 atom stereocenters. The fourth-order valence-corrected chi connectivity index (χ4v) is 5.34. The molecule has 0 saturated heterocycles. The summed E-state index contributed by atoms with van der Waals surface area (Å²) in [4.78, 5) is 23.9. The maximum atomic E-state index is 12.0. The highest BCUT2D eigenvalue weighted by Gasteiger charge is 2.12. The van der Waals surface area contributed by atoms with Crippen LogP contribution in [0.15, 0.2) is 48.6 Å². The topological polar surface area (TPSA) is 93.1 Å². The van der Waals surface area contributed by atoms with Crippen molar-refractivity contribution >= 4 is 11.9 Å². The molecule has 6 nitrogen and oxygen atoms in total. The van der Waals surface area contributed by atoms with E-state index < -0.39 is 12.2 Å². The summed E-state index contributed by atoms with van der Waals surface area (Å²) < 4.78 is 10.3. The van der Waals surface area contributed by atoms with Crippen LogP contribution in [0.25, 0.3) is 0 Å². The van der Waals surface area contributed by atoms with Crippen molar-refractivity contribution in [2.24, 2.45) is 0 Å². The van der Waals surface area contributed by atoms with Gasteiger partial charge in [0.05, 0.1) is 6.10 Å². The Morgan fingerprint density at radius 3 is 1.54 bits per heavy atom. The molecule has 0 bridgehead atoms. The number of unbranched alkanes of at least 4 members (excludes halogenated alkanes) is 19. The molecule has 0 amide bonds. The third kappa shape index (κ3) is 36.7. The average molecular weight is 675 g/mol. The zero-order valence-corrected chi connectivity index (χ0v) is 31.1. The van der Waals surface area contributed by atoms with E-state index in [0.29, 0.717) is 19.3 Å². The van der Waals surface area contributed by atoms with Crippen molar-refractivity contribution in [1.82, 2.24) is 0 Å². The van der Waals surface area contributed by atoms with Gasteiger partial charge in [0.2, 0.25) is 0 Å². The molecule has 0 aromatic rings. The molecule has 0 heterocycles. The normalized spacial score (nSPS) is 13.3. The minimum absolute atomic E-state index is 0.147. The second-order valence-corrected chi connectivity index (χ2v) is 13.3. The Morgan fingerprint density at radius 1 is 0.521 bits per heavy atom. The summed E-state index contributed by atoms with van der Waals surface area (Å²) in [7, 11) is 0. The largest absolute Gasteiger partial charge is 0.463 e. The standard InChI is InChI=1S/C42H74O6/c1-3-5-7-9-11-12-13-14-15-16-17-18-19-23-27-31-35-41(45)47-37-40(44)38-48-42(46)36-32-28-24-21-20-22-26-30-34-39(43)33-29-25-10-8-6-4-2/h21-22,24-26,29-30,34,39-40,43-44H,3-20,23,27-28,31-33,35-38H2,1-2H3/b24-21-,26-22-,29-25-,34-30+/t39-,40+/m1/s1. The van der Waals surface area contributed by atoms with Crippen LogP contribution in [0.4, 0.5) is 0 Å². The maximum absolute atomic E-state index is 12.0. The van der Waals surface area contributed by atoms with Crippen LogP contribution in [-0.4, -0.2) is 47.6 Å². The van der Waals surface area contributed by atoms with Gasteiger partial charge in [-0.1, -0.05) is 172 Å².